The van der Waals surface area contributed by atoms with E-state index in [2.05, 4.69) is 17.1 Å². The minimum atomic E-state index is 1.04. The van der Waals surface area contributed by atoms with E-state index in [0.717, 1.165) is 5.56 Å². The van der Waals surface area contributed by atoms with Gasteiger partial charge in [0.1, 0.15) is 0 Å². The van der Waals surface area contributed by atoms with Crippen LogP contribution in [0.4, 0.5) is 0 Å². The van der Waals surface area contributed by atoms with Crippen molar-refractivity contribution in [3.05, 3.63) is 40.8 Å². The summed E-state index contributed by atoms with van der Waals surface area (Å²) in [7, 11) is 0. The molecule has 0 amide bonds. The van der Waals surface area contributed by atoms with Gasteiger partial charge in [0, 0.05) is 23.2 Å². The molecule has 3 heteroatoms. The summed E-state index contributed by atoms with van der Waals surface area (Å²) in [6.07, 6.45) is 3.53. The third kappa shape index (κ3) is 1.55. The molecule has 0 aliphatic carbocycles. The van der Waals surface area contributed by atoms with Gasteiger partial charge in [0.2, 0.25) is 0 Å². The summed E-state index contributed by atoms with van der Waals surface area (Å²) in [5.74, 6) is 2.99. The Balaban J connectivity index is 2.22. The summed E-state index contributed by atoms with van der Waals surface area (Å²) in [4.78, 5) is 0. The molecule has 0 N–H and O–H groups in total. The van der Waals surface area contributed by atoms with E-state index in [1.54, 1.807) is 22.2 Å². The number of thiophene rings is 1. The maximum absolute atomic E-state index is 3.96. The molecule has 2 rings (SSSR count). The fraction of sp³-hybridized carbons (Fsp3) is 0. The van der Waals surface area contributed by atoms with E-state index in [-0.39, 0.29) is 0 Å². The van der Waals surface area contributed by atoms with Crippen LogP contribution in [0, 0.1) is 12.0 Å². The topological polar surface area (TPSA) is 17.8 Å². The summed E-state index contributed by atoms with van der Waals surface area (Å²) in [5, 5.41) is 7.98. The first-order valence-electron chi connectivity index (χ1n) is 3.49. The molecule has 2 heterocycles. The second kappa shape index (κ2) is 3.24. The Morgan fingerprint density at radius 2 is 2.50 bits per heavy atom. The zero-order valence-corrected chi connectivity index (χ0v) is 7.08. The van der Waals surface area contributed by atoms with Gasteiger partial charge in [0.15, 0.2) is 0 Å². The molecule has 12 heavy (non-hydrogen) atoms. The SMILES string of the molecule is C(#Cn1cccn1)c1ccsc1. The normalized spacial score (nSPS) is 9.00. The lowest BCUT2D eigenvalue weighted by Gasteiger charge is -1.81. The van der Waals surface area contributed by atoms with Gasteiger partial charge in [-0.25, -0.2) is 0 Å². The van der Waals surface area contributed by atoms with Gasteiger partial charge in [0.25, 0.3) is 0 Å². The van der Waals surface area contributed by atoms with Crippen LogP contribution in [0.1, 0.15) is 5.56 Å². The van der Waals surface area contributed by atoms with Crippen molar-refractivity contribution in [3.63, 3.8) is 0 Å². The first kappa shape index (κ1) is 7.14. The van der Waals surface area contributed by atoms with Crippen LogP contribution in [0.3, 0.4) is 0 Å². The number of nitrogens with zero attached hydrogens (tertiary/aromatic N) is 2. The van der Waals surface area contributed by atoms with E-state index < -0.39 is 0 Å². The van der Waals surface area contributed by atoms with Gasteiger partial charge in [-0.2, -0.15) is 21.1 Å². The van der Waals surface area contributed by atoms with Crippen LogP contribution in [0.2, 0.25) is 0 Å². The van der Waals surface area contributed by atoms with Crippen molar-refractivity contribution >= 4 is 11.3 Å². The summed E-state index contributed by atoms with van der Waals surface area (Å²) in [5.41, 5.74) is 1.04. The molecule has 2 aromatic rings. The fourth-order valence-corrected chi connectivity index (χ4v) is 1.38. The van der Waals surface area contributed by atoms with Gasteiger partial charge >= 0.3 is 0 Å². The maximum Gasteiger partial charge on any atom is 0.0501 e. The van der Waals surface area contributed by atoms with Gasteiger partial charge in [-0.3, -0.25) is 0 Å². The molecule has 0 saturated heterocycles. The minimum absolute atomic E-state index is 1.04. The van der Waals surface area contributed by atoms with Crippen molar-refractivity contribution in [2.45, 2.75) is 0 Å². The Hall–Kier alpha value is -1.53. The van der Waals surface area contributed by atoms with Crippen LogP contribution in [0.25, 0.3) is 0 Å². The largest absolute Gasteiger partial charge is 0.197 e. The predicted octanol–water partition coefficient (Wildman–Crippen LogP) is 1.80. The molecule has 0 aliphatic rings. The van der Waals surface area contributed by atoms with Gasteiger partial charge in [-0.05, 0) is 23.4 Å². The van der Waals surface area contributed by atoms with E-state index in [0.29, 0.717) is 0 Å². The molecule has 0 bridgehead atoms. The van der Waals surface area contributed by atoms with Gasteiger partial charge < -0.3 is 0 Å². The highest BCUT2D eigenvalue weighted by atomic mass is 32.1. The second-order valence-electron chi connectivity index (χ2n) is 2.20. The zero-order valence-electron chi connectivity index (χ0n) is 6.27. The maximum atomic E-state index is 3.96. The highest BCUT2D eigenvalue weighted by molar-refractivity contribution is 7.08. The molecule has 2 aromatic heterocycles. The van der Waals surface area contributed by atoms with Crippen molar-refractivity contribution in [1.29, 1.82) is 0 Å². The molecule has 0 spiro atoms. The molecule has 0 fully saturated rings. The van der Waals surface area contributed by atoms with Crippen LogP contribution in [0.15, 0.2) is 35.3 Å². The van der Waals surface area contributed by atoms with E-state index in [4.69, 9.17) is 0 Å². The second-order valence-corrected chi connectivity index (χ2v) is 2.98. The summed E-state index contributed by atoms with van der Waals surface area (Å²) in [6, 6.07) is 6.73. The van der Waals surface area contributed by atoms with E-state index in [9.17, 15) is 0 Å². The lowest BCUT2D eigenvalue weighted by molar-refractivity contribution is 0.916. The van der Waals surface area contributed by atoms with Crippen molar-refractivity contribution in [2.75, 3.05) is 0 Å². The fourth-order valence-electron chi connectivity index (χ4n) is 0.792. The Labute approximate surface area is 74.5 Å². The van der Waals surface area contributed by atoms with Crippen LogP contribution < -0.4 is 0 Å². The van der Waals surface area contributed by atoms with Crippen molar-refractivity contribution < 1.29 is 0 Å². The first-order chi connectivity index (χ1) is 5.95. The molecule has 58 valence electrons. The minimum Gasteiger partial charge on any atom is -0.197 e. The highest BCUT2D eigenvalue weighted by Crippen LogP contribution is 2.02. The monoisotopic (exact) mass is 174 g/mol. The van der Waals surface area contributed by atoms with Gasteiger partial charge in [0.05, 0.1) is 6.20 Å². The van der Waals surface area contributed by atoms with E-state index in [1.165, 1.54) is 0 Å². The molecule has 0 unspecified atom stereocenters. The predicted molar refractivity (Wildman–Crippen MR) is 48.8 cm³/mol. The Kier molecular flexibility index (Phi) is 1.93. The molecule has 0 aromatic carbocycles. The number of hydrogen-bond acceptors (Lipinski definition) is 2. The molecule has 0 atom stereocenters. The van der Waals surface area contributed by atoms with Crippen molar-refractivity contribution in [2.24, 2.45) is 0 Å². The van der Waals surface area contributed by atoms with Crippen molar-refractivity contribution in [3.8, 4) is 12.0 Å². The number of rotatable bonds is 0. The van der Waals surface area contributed by atoms with Crippen molar-refractivity contribution in [1.82, 2.24) is 9.78 Å². The zero-order chi connectivity index (χ0) is 8.23. The molecule has 2 nitrogen and oxygen atoms in total. The number of aromatic nitrogens is 2. The Morgan fingerprint density at radius 3 is 3.17 bits per heavy atom. The molecule has 0 radical (unpaired) electrons. The third-order valence-corrected chi connectivity index (χ3v) is 2.02. The van der Waals surface area contributed by atoms with Crippen LogP contribution in [-0.4, -0.2) is 9.78 Å². The van der Waals surface area contributed by atoms with Gasteiger partial charge in [-0.15, -0.1) is 0 Å². The average molecular weight is 174 g/mol. The van der Waals surface area contributed by atoms with Crippen LogP contribution in [-0.2, 0) is 0 Å². The lowest BCUT2D eigenvalue weighted by atomic mass is 10.4. The van der Waals surface area contributed by atoms with E-state index in [1.807, 2.05) is 29.1 Å². The molecular weight excluding hydrogens is 168 g/mol. The first-order valence-corrected chi connectivity index (χ1v) is 4.43. The molecule has 0 saturated carbocycles. The Bertz CT molecular complexity index is 351. The summed E-state index contributed by atoms with van der Waals surface area (Å²) >= 11 is 1.64. The van der Waals surface area contributed by atoms with Crippen LogP contribution in [0.5, 0.6) is 0 Å². The summed E-state index contributed by atoms with van der Waals surface area (Å²) in [6.45, 7) is 0. The quantitative estimate of drug-likeness (QED) is 0.557. The smallest absolute Gasteiger partial charge is 0.0501 e. The third-order valence-electron chi connectivity index (χ3n) is 1.34. The standard InChI is InChI=1S/C9H6N2S/c1-4-10-11(5-1)6-2-9-3-7-12-8-9/h1,3-5,7-8H. The highest BCUT2D eigenvalue weighted by Gasteiger charge is 1.84. The molecule has 0 aliphatic heterocycles. The van der Waals surface area contributed by atoms with Crippen LogP contribution >= 0.6 is 11.3 Å². The number of hydrogen-bond donors (Lipinski definition) is 0. The van der Waals surface area contributed by atoms with Gasteiger partial charge in [-0.1, -0.05) is 0 Å². The summed E-state index contributed by atoms with van der Waals surface area (Å²) < 4.78 is 1.59. The molecular formula is C9H6N2S. The average Bonchev–Trinajstić information content (AvgIpc) is 2.74. The van der Waals surface area contributed by atoms with E-state index >= 15 is 0 Å². The lowest BCUT2D eigenvalue weighted by Crippen LogP contribution is -1.86. The Morgan fingerprint density at radius 1 is 1.50 bits per heavy atom.